The highest BCUT2D eigenvalue weighted by molar-refractivity contribution is 5.94. The van der Waals surface area contributed by atoms with Gasteiger partial charge < -0.3 is 26.0 Å². The molecule has 1 aromatic rings. The number of benzene rings is 1. The number of rotatable bonds is 10. The monoisotopic (exact) mass is 531 g/mol. The first kappa shape index (κ1) is 28.4. The van der Waals surface area contributed by atoms with E-state index in [1.54, 1.807) is 6.21 Å². The zero-order chi connectivity index (χ0) is 27.8. The van der Waals surface area contributed by atoms with Crippen LogP contribution in [0.3, 0.4) is 0 Å². The van der Waals surface area contributed by atoms with E-state index in [2.05, 4.69) is 29.1 Å². The molecule has 8 heteroatoms. The minimum absolute atomic E-state index is 0.0254. The average molecular weight is 532 g/mol. The maximum atomic E-state index is 13.0. The lowest BCUT2D eigenvalue weighted by Crippen LogP contribution is -2.54. The Bertz CT molecular complexity index is 1200. The summed E-state index contributed by atoms with van der Waals surface area (Å²) < 4.78 is 6.01. The maximum Gasteiger partial charge on any atom is 0.251 e. The molecule has 0 aromatic heterocycles. The zero-order valence-corrected chi connectivity index (χ0v) is 23.2. The van der Waals surface area contributed by atoms with Crippen LogP contribution >= 0.6 is 0 Å². The molecule has 8 nitrogen and oxygen atoms in total. The van der Waals surface area contributed by atoms with E-state index in [4.69, 9.17) is 10.5 Å². The number of carbonyl (C=O) groups is 2. The highest BCUT2D eigenvalue weighted by Gasteiger charge is 2.46. The number of carbonyl (C=O) groups excluding carboxylic acids is 2. The van der Waals surface area contributed by atoms with Crippen molar-refractivity contribution in [1.82, 2.24) is 15.5 Å². The second-order valence-corrected chi connectivity index (χ2v) is 10.8. The van der Waals surface area contributed by atoms with Crippen molar-refractivity contribution >= 4 is 18.5 Å². The fourth-order valence-electron chi connectivity index (χ4n) is 5.83. The first-order valence-corrected chi connectivity index (χ1v) is 13.8. The Labute approximate surface area is 231 Å². The van der Waals surface area contributed by atoms with Gasteiger partial charge in [0.25, 0.3) is 5.91 Å². The molecular formula is C31H41N5O3. The third kappa shape index (κ3) is 6.87. The van der Waals surface area contributed by atoms with Crippen molar-refractivity contribution < 1.29 is 14.3 Å². The molecule has 3 fully saturated rings. The number of ether oxygens (including phenoxy) is 1. The summed E-state index contributed by atoms with van der Waals surface area (Å²) in [5.41, 5.74) is 11.6. The summed E-state index contributed by atoms with van der Waals surface area (Å²) in [7, 11) is 0. The van der Waals surface area contributed by atoms with Gasteiger partial charge in [-0.2, -0.15) is 0 Å². The molecule has 1 spiro atoms. The molecule has 1 aliphatic carbocycles. The van der Waals surface area contributed by atoms with E-state index in [1.807, 2.05) is 48.2 Å². The molecule has 2 heterocycles. The molecule has 2 aliphatic heterocycles. The molecule has 2 amide bonds. The Morgan fingerprint density at radius 1 is 1.28 bits per heavy atom. The van der Waals surface area contributed by atoms with Crippen molar-refractivity contribution in [3.63, 3.8) is 0 Å². The molecule has 4 rings (SSSR count). The Morgan fingerprint density at radius 2 is 2.05 bits per heavy atom. The molecule has 0 radical (unpaired) electrons. The number of amides is 2. The van der Waals surface area contributed by atoms with Crippen molar-refractivity contribution in [2.24, 2.45) is 16.1 Å². The fraction of sp³-hybridized carbons (Fsp3) is 0.452. The number of hydrogen-bond donors (Lipinski definition) is 3. The molecule has 1 saturated carbocycles. The second-order valence-electron chi connectivity index (χ2n) is 10.8. The third-order valence-electron chi connectivity index (χ3n) is 8.18. The van der Waals surface area contributed by atoms with Gasteiger partial charge in [0.1, 0.15) is 5.76 Å². The average Bonchev–Trinajstić information content (AvgIpc) is 3.41. The highest BCUT2D eigenvalue weighted by atomic mass is 16.5. The van der Waals surface area contributed by atoms with E-state index >= 15 is 0 Å². The maximum absolute atomic E-state index is 13.0. The highest BCUT2D eigenvalue weighted by Crippen LogP contribution is 2.49. The van der Waals surface area contributed by atoms with E-state index in [-0.39, 0.29) is 18.6 Å². The Balaban J connectivity index is 1.36. The minimum atomic E-state index is -0.0254. The van der Waals surface area contributed by atoms with Gasteiger partial charge in [0.2, 0.25) is 6.41 Å². The molecule has 4 N–H and O–H groups in total. The van der Waals surface area contributed by atoms with Crippen molar-refractivity contribution in [1.29, 1.82) is 0 Å². The molecule has 208 valence electrons. The predicted octanol–water partition coefficient (Wildman–Crippen LogP) is 3.97. The van der Waals surface area contributed by atoms with Gasteiger partial charge in [-0.05, 0) is 74.3 Å². The Morgan fingerprint density at radius 3 is 2.74 bits per heavy atom. The number of nitrogens with zero attached hydrogens (tertiary/aromatic N) is 2. The van der Waals surface area contributed by atoms with E-state index in [0.717, 1.165) is 85.3 Å². The molecule has 0 atom stereocenters. The van der Waals surface area contributed by atoms with Crippen LogP contribution in [0.5, 0.6) is 0 Å². The van der Waals surface area contributed by atoms with Gasteiger partial charge in [0, 0.05) is 60.7 Å². The summed E-state index contributed by atoms with van der Waals surface area (Å²) in [6.45, 7) is 11.2. The summed E-state index contributed by atoms with van der Waals surface area (Å²) in [6, 6.07) is 7.99. The van der Waals surface area contributed by atoms with Gasteiger partial charge in [-0.15, -0.1) is 0 Å². The molecule has 0 bridgehead atoms. The van der Waals surface area contributed by atoms with Crippen LogP contribution in [0.15, 0.2) is 76.2 Å². The topological polar surface area (TPSA) is 109 Å². The van der Waals surface area contributed by atoms with Crippen LogP contribution in [-0.2, 0) is 16.1 Å². The lowest BCUT2D eigenvalue weighted by Gasteiger charge is -2.51. The van der Waals surface area contributed by atoms with Gasteiger partial charge >= 0.3 is 0 Å². The number of likely N-dealkylation sites (tertiary alicyclic amines) is 1. The van der Waals surface area contributed by atoms with Crippen molar-refractivity contribution in [2.45, 2.75) is 58.5 Å². The number of aliphatic imine (C=N–C) groups is 1. The largest absolute Gasteiger partial charge is 0.492 e. The molecule has 39 heavy (non-hydrogen) atoms. The van der Waals surface area contributed by atoms with Crippen LogP contribution in [0, 0.1) is 5.41 Å². The molecule has 3 aliphatic rings. The van der Waals surface area contributed by atoms with Gasteiger partial charge in [-0.25, -0.2) is 0 Å². The van der Waals surface area contributed by atoms with Crippen LogP contribution in [0.1, 0.15) is 61.9 Å². The quantitative estimate of drug-likeness (QED) is 0.313. The Kier molecular flexibility index (Phi) is 9.41. The van der Waals surface area contributed by atoms with Crippen LogP contribution in [0.4, 0.5) is 0 Å². The van der Waals surface area contributed by atoms with Crippen LogP contribution < -0.4 is 16.4 Å². The van der Waals surface area contributed by atoms with Gasteiger partial charge in [0.05, 0.1) is 13.3 Å². The van der Waals surface area contributed by atoms with E-state index in [0.29, 0.717) is 24.1 Å². The number of nitrogens with one attached hydrogen (secondary N) is 2. The van der Waals surface area contributed by atoms with Crippen molar-refractivity contribution in [3.8, 4) is 0 Å². The van der Waals surface area contributed by atoms with E-state index in [9.17, 15) is 9.59 Å². The van der Waals surface area contributed by atoms with Crippen molar-refractivity contribution in [2.75, 3.05) is 26.4 Å². The smallest absolute Gasteiger partial charge is 0.251 e. The van der Waals surface area contributed by atoms with Crippen molar-refractivity contribution in [3.05, 3.63) is 82.3 Å². The molecule has 0 unspecified atom stereocenters. The Hall–Kier alpha value is -3.65. The molecular weight excluding hydrogens is 490 g/mol. The SMILES string of the molecule is C=CC(=C1/OCC/C1=C(/C)NCc1cccc(C(=O)NC2CC3(CCN(C=O)CC3)C2)c1)/C(C)=C/C=N\CN. The van der Waals surface area contributed by atoms with Crippen LogP contribution in [-0.4, -0.2) is 55.8 Å². The standard InChI is InChI=1S/C31H41N5O3/c1-4-27(22(2)8-12-33-20-32)29-28(9-15-39-29)23(3)34-19-24-6-5-7-25(16-24)30(38)35-26-17-31(18-26)10-13-36(21-37)14-11-31/h4-8,12,16,21,26,34H,1,9-11,13-15,17-20,32H2,2-3H3,(H,35,38)/b22-8+,28-23+,29-27-,33-12-. The first-order chi connectivity index (χ1) is 18.9. The van der Waals surface area contributed by atoms with Gasteiger partial charge in [-0.3, -0.25) is 14.6 Å². The fourth-order valence-corrected chi connectivity index (χ4v) is 5.83. The van der Waals surface area contributed by atoms with Gasteiger partial charge in [-0.1, -0.05) is 24.8 Å². The summed E-state index contributed by atoms with van der Waals surface area (Å²) in [5.74, 6) is 0.815. The second kappa shape index (κ2) is 12.9. The third-order valence-corrected chi connectivity index (χ3v) is 8.18. The normalized spacial score (nSPS) is 21.8. The number of hydrogen-bond acceptors (Lipinski definition) is 6. The molecule has 2 saturated heterocycles. The summed E-state index contributed by atoms with van der Waals surface area (Å²) >= 11 is 0. The minimum Gasteiger partial charge on any atom is -0.492 e. The van der Waals surface area contributed by atoms with Crippen LogP contribution in [0.25, 0.3) is 0 Å². The van der Waals surface area contributed by atoms with E-state index in [1.165, 1.54) is 0 Å². The molecule has 1 aromatic carbocycles. The number of piperidine rings is 1. The lowest BCUT2D eigenvalue weighted by atomic mass is 9.60. The predicted molar refractivity (Wildman–Crippen MR) is 155 cm³/mol. The van der Waals surface area contributed by atoms with Crippen LogP contribution in [0.2, 0.25) is 0 Å². The first-order valence-electron chi connectivity index (χ1n) is 13.8. The number of allylic oxidation sites excluding steroid dienone is 6. The summed E-state index contributed by atoms with van der Waals surface area (Å²) in [5, 5.41) is 6.74. The lowest BCUT2D eigenvalue weighted by molar-refractivity contribution is -0.121. The number of nitrogens with two attached hydrogens (primary N) is 1. The zero-order valence-electron chi connectivity index (χ0n) is 23.2. The summed E-state index contributed by atoms with van der Waals surface area (Å²) in [6.07, 6.45) is 11.2. The van der Waals surface area contributed by atoms with E-state index < -0.39 is 0 Å². The summed E-state index contributed by atoms with van der Waals surface area (Å²) in [4.78, 5) is 29.9. The van der Waals surface area contributed by atoms with Gasteiger partial charge in [0.15, 0.2) is 0 Å².